The zero-order valence-electron chi connectivity index (χ0n) is 15.1. The number of guanidine groups is 1. The standard InChI is InChI=1S/C18H25F2N5.HI/c1-3-4-9-22-18(23-12-15-7-5-14(2)6-8-15)24-13-16-21-10-11-25(16)17(19)20;/h5-8,10-11,17H,3-4,9,12-13H2,1-2H3,(H2,22,23,24);1H. The molecule has 26 heavy (non-hydrogen) atoms. The molecule has 8 heteroatoms. The SMILES string of the molecule is CCCCNC(=NCc1ccc(C)cc1)NCc1nccn1C(F)F.I. The second kappa shape index (κ2) is 11.8. The zero-order valence-corrected chi connectivity index (χ0v) is 17.4. The molecule has 0 aliphatic heterocycles. The molecular weight excluding hydrogens is 451 g/mol. The third-order valence-corrected chi connectivity index (χ3v) is 3.74. The Morgan fingerprint density at radius 1 is 1.23 bits per heavy atom. The molecule has 1 aromatic carbocycles. The minimum atomic E-state index is -2.60. The van der Waals surface area contributed by atoms with Crippen molar-refractivity contribution in [1.29, 1.82) is 0 Å². The first-order valence-corrected chi connectivity index (χ1v) is 8.47. The Balaban J connectivity index is 0.00000338. The van der Waals surface area contributed by atoms with Gasteiger partial charge in [-0.3, -0.25) is 4.57 Å². The van der Waals surface area contributed by atoms with Gasteiger partial charge in [0.2, 0.25) is 0 Å². The number of imidazole rings is 1. The molecule has 5 nitrogen and oxygen atoms in total. The molecule has 0 atom stereocenters. The maximum atomic E-state index is 12.9. The Labute approximate surface area is 170 Å². The van der Waals surface area contributed by atoms with E-state index in [0.717, 1.165) is 29.5 Å². The summed E-state index contributed by atoms with van der Waals surface area (Å²) in [4.78, 5) is 8.51. The number of rotatable bonds is 8. The molecule has 144 valence electrons. The highest BCUT2D eigenvalue weighted by atomic mass is 127. The second-order valence-electron chi connectivity index (χ2n) is 5.81. The summed E-state index contributed by atoms with van der Waals surface area (Å²) in [6.45, 7) is 3.03. The smallest absolute Gasteiger partial charge is 0.319 e. The van der Waals surface area contributed by atoms with Crippen molar-refractivity contribution in [3.8, 4) is 0 Å². The molecule has 0 bridgehead atoms. The van der Waals surface area contributed by atoms with E-state index in [9.17, 15) is 8.78 Å². The summed E-state index contributed by atoms with van der Waals surface area (Å²) in [5.41, 5.74) is 2.29. The van der Waals surface area contributed by atoms with Gasteiger partial charge < -0.3 is 10.6 Å². The number of nitrogens with one attached hydrogen (secondary N) is 2. The lowest BCUT2D eigenvalue weighted by Crippen LogP contribution is -2.38. The van der Waals surface area contributed by atoms with Gasteiger partial charge in [0.15, 0.2) is 5.96 Å². The van der Waals surface area contributed by atoms with Crippen LogP contribution >= 0.6 is 24.0 Å². The minimum Gasteiger partial charge on any atom is -0.356 e. The van der Waals surface area contributed by atoms with Crippen molar-refractivity contribution < 1.29 is 8.78 Å². The maximum Gasteiger partial charge on any atom is 0.319 e. The van der Waals surface area contributed by atoms with Gasteiger partial charge in [0, 0.05) is 18.9 Å². The second-order valence-corrected chi connectivity index (χ2v) is 5.81. The van der Waals surface area contributed by atoms with Gasteiger partial charge >= 0.3 is 6.55 Å². The van der Waals surface area contributed by atoms with Crippen LogP contribution in [0.5, 0.6) is 0 Å². The molecule has 0 spiro atoms. The minimum absolute atomic E-state index is 0. The lowest BCUT2D eigenvalue weighted by atomic mass is 10.1. The van der Waals surface area contributed by atoms with Crippen molar-refractivity contribution >= 4 is 29.9 Å². The number of unbranched alkanes of at least 4 members (excludes halogenated alkanes) is 1. The highest BCUT2D eigenvalue weighted by Gasteiger charge is 2.11. The van der Waals surface area contributed by atoms with Crippen LogP contribution in [0.2, 0.25) is 0 Å². The molecule has 0 aliphatic rings. The quantitative estimate of drug-likeness (QED) is 0.259. The average molecular weight is 477 g/mol. The van der Waals surface area contributed by atoms with Gasteiger partial charge in [0.05, 0.1) is 13.1 Å². The monoisotopic (exact) mass is 477 g/mol. The summed E-state index contributed by atoms with van der Waals surface area (Å²) in [6, 6.07) is 8.15. The van der Waals surface area contributed by atoms with Crippen molar-refractivity contribution in [2.45, 2.75) is 46.3 Å². The van der Waals surface area contributed by atoms with Gasteiger partial charge in [-0.05, 0) is 18.9 Å². The van der Waals surface area contributed by atoms with Crippen LogP contribution in [-0.4, -0.2) is 22.1 Å². The van der Waals surface area contributed by atoms with Gasteiger partial charge in [-0.15, -0.1) is 24.0 Å². The number of hydrogen-bond acceptors (Lipinski definition) is 2. The predicted molar refractivity (Wildman–Crippen MR) is 111 cm³/mol. The average Bonchev–Trinajstić information content (AvgIpc) is 3.07. The van der Waals surface area contributed by atoms with E-state index in [4.69, 9.17) is 0 Å². The van der Waals surface area contributed by atoms with Crippen molar-refractivity contribution in [3.63, 3.8) is 0 Å². The topological polar surface area (TPSA) is 54.2 Å². The zero-order chi connectivity index (χ0) is 18.1. The molecule has 0 amide bonds. The fraction of sp³-hybridized carbons (Fsp3) is 0.444. The van der Waals surface area contributed by atoms with Gasteiger partial charge in [-0.2, -0.15) is 8.78 Å². The molecule has 0 radical (unpaired) electrons. The number of aryl methyl sites for hydroxylation is 1. The summed E-state index contributed by atoms with van der Waals surface area (Å²) in [6.07, 6.45) is 4.72. The highest BCUT2D eigenvalue weighted by molar-refractivity contribution is 14.0. The Morgan fingerprint density at radius 2 is 1.96 bits per heavy atom. The fourth-order valence-electron chi connectivity index (χ4n) is 2.24. The van der Waals surface area contributed by atoms with Crippen LogP contribution in [0.4, 0.5) is 8.78 Å². The molecule has 0 unspecified atom stereocenters. The van der Waals surface area contributed by atoms with Gasteiger partial charge in [-0.1, -0.05) is 43.2 Å². The lowest BCUT2D eigenvalue weighted by Gasteiger charge is -2.13. The Morgan fingerprint density at radius 3 is 2.62 bits per heavy atom. The molecular formula is C18H26F2IN5. The third kappa shape index (κ3) is 7.27. The van der Waals surface area contributed by atoms with Crippen molar-refractivity contribution in [2.75, 3.05) is 6.54 Å². The van der Waals surface area contributed by atoms with Crippen molar-refractivity contribution in [2.24, 2.45) is 4.99 Å². The first-order chi connectivity index (χ1) is 12.1. The van der Waals surface area contributed by atoms with Crippen LogP contribution in [0, 0.1) is 6.92 Å². The van der Waals surface area contributed by atoms with Gasteiger partial charge in [-0.25, -0.2) is 9.98 Å². The maximum absolute atomic E-state index is 12.9. The van der Waals surface area contributed by atoms with E-state index in [1.807, 2.05) is 31.2 Å². The largest absolute Gasteiger partial charge is 0.356 e. The summed E-state index contributed by atoms with van der Waals surface area (Å²) in [5.74, 6) is 0.869. The molecule has 1 heterocycles. The number of hydrogen-bond donors (Lipinski definition) is 2. The molecule has 0 fully saturated rings. The number of aliphatic imine (C=N–C) groups is 1. The molecule has 1 aromatic heterocycles. The summed E-state index contributed by atoms with van der Waals surface area (Å²) in [5, 5.41) is 6.31. The normalized spacial score (nSPS) is 11.3. The van der Waals surface area contributed by atoms with Crippen LogP contribution in [0.1, 0.15) is 43.3 Å². The van der Waals surface area contributed by atoms with E-state index >= 15 is 0 Å². The molecule has 2 rings (SSSR count). The first kappa shape index (κ1) is 22.3. The number of nitrogens with zero attached hydrogens (tertiary/aromatic N) is 3. The summed E-state index contributed by atoms with van der Waals surface area (Å²) >= 11 is 0. The lowest BCUT2D eigenvalue weighted by molar-refractivity contribution is 0.0668. The van der Waals surface area contributed by atoms with Crippen LogP contribution in [0.3, 0.4) is 0 Å². The van der Waals surface area contributed by atoms with Crippen LogP contribution in [-0.2, 0) is 13.1 Å². The Hall–Kier alpha value is -1.71. The summed E-state index contributed by atoms with van der Waals surface area (Å²) < 4.78 is 26.6. The molecule has 2 aromatic rings. The summed E-state index contributed by atoms with van der Waals surface area (Å²) in [7, 11) is 0. The van der Waals surface area contributed by atoms with E-state index in [0.29, 0.717) is 12.5 Å². The molecule has 0 saturated carbocycles. The first-order valence-electron chi connectivity index (χ1n) is 8.47. The molecule has 0 aliphatic carbocycles. The van der Waals surface area contributed by atoms with E-state index in [1.165, 1.54) is 18.0 Å². The van der Waals surface area contributed by atoms with E-state index < -0.39 is 6.55 Å². The number of benzene rings is 1. The van der Waals surface area contributed by atoms with Crippen LogP contribution < -0.4 is 10.6 Å². The van der Waals surface area contributed by atoms with Gasteiger partial charge in [0.25, 0.3) is 0 Å². The van der Waals surface area contributed by atoms with E-state index in [-0.39, 0.29) is 36.3 Å². The molecule has 0 saturated heterocycles. The number of halogens is 3. The predicted octanol–water partition coefficient (Wildman–Crippen LogP) is 4.24. The van der Waals surface area contributed by atoms with Crippen molar-refractivity contribution in [1.82, 2.24) is 20.2 Å². The Bertz CT molecular complexity index is 670. The van der Waals surface area contributed by atoms with Crippen LogP contribution in [0.15, 0.2) is 41.7 Å². The fourth-order valence-corrected chi connectivity index (χ4v) is 2.24. The highest BCUT2D eigenvalue weighted by Crippen LogP contribution is 2.12. The van der Waals surface area contributed by atoms with E-state index in [1.54, 1.807) is 0 Å². The van der Waals surface area contributed by atoms with Crippen LogP contribution in [0.25, 0.3) is 0 Å². The van der Waals surface area contributed by atoms with Crippen molar-refractivity contribution in [3.05, 3.63) is 53.6 Å². The van der Waals surface area contributed by atoms with Gasteiger partial charge in [0.1, 0.15) is 5.82 Å². The Kier molecular flexibility index (Phi) is 10.2. The molecule has 2 N–H and O–H groups in total. The van der Waals surface area contributed by atoms with E-state index in [2.05, 4.69) is 27.5 Å². The number of alkyl halides is 2. The number of aromatic nitrogens is 2. The third-order valence-electron chi connectivity index (χ3n) is 3.74.